The number of allylic oxidation sites excluding steroid dienone is 4. The Morgan fingerprint density at radius 3 is 0.964 bits per heavy atom. The number of aryl methyl sites for hydroxylation is 3. The van der Waals surface area contributed by atoms with Crippen LogP contribution >= 0.6 is 0 Å². The third-order valence-corrected chi connectivity index (χ3v) is 19.1. The molecule has 1 atom stereocenters. The van der Waals surface area contributed by atoms with Crippen molar-refractivity contribution in [2.75, 3.05) is 0 Å². The second-order valence-electron chi connectivity index (χ2n) is 16.4. The number of hydrogen-bond acceptors (Lipinski definition) is 0. The summed E-state index contributed by atoms with van der Waals surface area (Å²) in [7, 11) is -3.01. The zero-order valence-corrected chi connectivity index (χ0v) is 35.8. The van der Waals surface area contributed by atoms with Gasteiger partial charge in [-0.2, -0.15) is 0 Å². The smallest absolute Gasteiger partial charge is 0.0636 e. The van der Waals surface area contributed by atoms with E-state index in [-0.39, 0.29) is 0 Å². The summed E-state index contributed by atoms with van der Waals surface area (Å²) >= 11 is 0. The molecule has 1 unspecified atom stereocenters. The van der Waals surface area contributed by atoms with E-state index in [9.17, 15) is 0 Å². The van der Waals surface area contributed by atoms with E-state index in [1.54, 1.807) is 20.8 Å². The zero-order chi connectivity index (χ0) is 39.0. The van der Waals surface area contributed by atoms with E-state index in [2.05, 4.69) is 197 Å². The highest BCUT2D eigenvalue weighted by atomic mass is 28.3. The van der Waals surface area contributed by atoms with Gasteiger partial charge < -0.3 is 0 Å². The molecule has 0 aromatic heterocycles. The highest BCUT2D eigenvalue weighted by Gasteiger charge is 2.51. The van der Waals surface area contributed by atoms with Crippen molar-refractivity contribution in [3.63, 3.8) is 0 Å². The van der Waals surface area contributed by atoms with Gasteiger partial charge in [-0.05, 0) is 175 Å². The molecule has 0 heterocycles. The Labute approximate surface area is 332 Å². The maximum atomic E-state index is 2.56. The third-order valence-electron chi connectivity index (χ3n) is 13.4. The first-order valence-electron chi connectivity index (χ1n) is 20.2. The monoisotopic (exact) mass is 734 g/mol. The number of benzene rings is 6. The molecule has 0 N–H and O–H groups in total. The van der Waals surface area contributed by atoms with Crippen LogP contribution in [0.5, 0.6) is 0 Å². The summed E-state index contributed by atoms with van der Waals surface area (Å²) in [5.41, 5.74) is 21.5. The molecule has 1 heteroatoms. The summed E-state index contributed by atoms with van der Waals surface area (Å²) in [6, 6.07) is 48.3. The van der Waals surface area contributed by atoms with Gasteiger partial charge in [-0.1, -0.05) is 151 Å². The minimum atomic E-state index is -3.01. The molecule has 0 saturated heterocycles. The maximum absolute atomic E-state index is 3.01. The normalized spacial score (nSPS) is 14.6. The van der Waals surface area contributed by atoms with Crippen LogP contribution in [-0.4, -0.2) is 8.07 Å². The van der Waals surface area contributed by atoms with Crippen molar-refractivity contribution < 1.29 is 0 Å². The van der Waals surface area contributed by atoms with Gasteiger partial charge in [0.25, 0.3) is 0 Å². The quantitative estimate of drug-likeness (QED) is 0.0971. The molecule has 0 radical (unpaired) electrons. The fourth-order valence-corrected chi connectivity index (χ4v) is 16.4. The van der Waals surface area contributed by atoms with Crippen LogP contribution < -0.4 is 15.6 Å². The van der Waals surface area contributed by atoms with E-state index >= 15 is 0 Å². The first-order chi connectivity index (χ1) is 26.4. The summed E-state index contributed by atoms with van der Waals surface area (Å²) in [5.74, 6) is 0.335. The predicted octanol–water partition coefficient (Wildman–Crippen LogP) is 11.6. The number of hydrogen-bond donors (Lipinski definition) is 0. The molecule has 0 fully saturated rings. The maximum Gasteiger partial charge on any atom is 0.177 e. The van der Waals surface area contributed by atoms with Crippen LogP contribution in [0.4, 0.5) is 0 Å². The van der Waals surface area contributed by atoms with Gasteiger partial charge in [0.05, 0.1) is 0 Å². The molecule has 1 aliphatic rings. The van der Waals surface area contributed by atoms with Crippen LogP contribution in [0, 0.1) is 47.5 Å². The van der Waals surface area contributed by atoms with Crippen LogP contribution in [0.25, 0.3) is 0 Å². The Bertz CT molecular complexity index is 2190. The minimum absolute atomic E-state index is 0.335. The summed E-state index contributed by atoms with van der Waals surface area (Å²) in [6.07, 6.45) is 2.79. The van der Waals surface area contributed by atoms with Crippen LogP contribution in [0.3, 0.4) is 0 Å². The number of rotatable bonds is 10. The topological polar surface area (TPSA) is 0 Å². The van der Waals surface area contributed by atoms with Crippen LogP contribution in [0.2, 0.25) is 0 Å². The SMILES string of the molecule is CC1=C(C)C(C)C([Si](c2ccc(C)c(Cc3ccccc3)c2C)(c2ccc(C)c(Cc3ccccc3)c2C)c2ccc(C)c(Cc3ccccc3)c2C)=C1C. The van der Waals surface area contributed by atoms with Gasteiger partial charge in [-0.3, -0.25) is 0 Å². The standard InChI is InChI=1S/C54H58Si/c1-35-26-29-51(42(8)48(35)32-45-20-14-11-15-21-45)55(54-40(6)38(4)39(5)41(54)7,52-30-27-36(2)49(43(52)9)33-46-22-16-12-17-23-46)53-31-28-37(3)50(44(53)10)34-47-24-18-13-19-25-47/h11-31,40H,32-34H2,1-10H3. The molecule has 6 aromatic rings. The first kappa shape index (κ1) is 38.3. The molecule has 278 valence electrons. The van der Waals surface area contributed by atoms with E-state index in [0.29, 0.717) is 5.92 Å². The molecule has 0 saturated carbocycles. The van der Waals surface area contributed by atoms with Crippen LogP contribution in [0.15, 0.2) is 149 Å². The Kier molecular flexibility index (Phi) is 10.9. The molecular formula is C54H58Si. The lowest BCUT2D eigenvalue weighted by atomic mass is 9.95. The second-order valence-corrected chi connectivity index (χ2v) is 20.1. The van der Waals surface area contributed by atoms with E-state index < -0.39 is 8.07 Å². The van der Waals surface area contributed by atoms with E-state index in [0.717, 1.165) is 19.3 Å². The molecule has 7 rings (SSSR count). The molecule has 55 heavy (non-hydrogen) atoms. The second kappa shape index (κ2) is 15.6. The van der Waals surface area contributed by atoms with E-state index in [1.807, 2.05) is 0 Å². The molecule has 0 nitrogen and oxygen atoms in total. The lowest BCUT2D eigenvalue weighted by Crippen LogP contribution is -2.71. The lowest BCUT2D eigenvalue weighted by molar-refractivity contribution is 0.851. The Morgan fingerprint density at radius 2 is 0.691 bits per heavy atom. The highest BCUT2D eigenvalue weighted by molar-refractivity contribution is 7.17. The Morgan fingerprint density at radius 1 is 0.382 bits per heavy atom. The largest absolute Gasteiger partial charge is 0.177 e. The summed E-state index contributed by atoms with van der Waals surface area (Å²) in [6.45, 7) is 24.0. The molecule has 1 aliphatic carbocycles. The third kappa shape index (κ3) is 6.82. The molecular weight excluding hydrogens is 677 g/mol. The van der Waals surface area contributed by atoms with Crippen LogP contribution in [-0.2, 0) is 19.3 Å². The van der Waals surface area contributed by atoms with E-state index in [4.69, 9.17) is 0 Å². The summed E-state index contributed by atoms with van der Waals surface area (Å²) < 4.78 is 0. The summed E-state index contributed by atoms with van der Waals surface area (Å²) in [5, 5.41) is 6.30. The van der Waals surface area contributed by atoms with Gasteiger partial charge in [0.2, 0.25) is 0 Å². The van der Waals surface area contributed by atoms with Crippen molar-refractivity contribution >= 4 is 23.6 Å². The van der Waals surface area contributed by atoms with Crippen molar-refractivity contribution in [3.05, 3.63) is 216 Å². The van der Waals surface area contributed by atoms with Gasteiger partial charge in [-0.15, -0.1) is 0 Å². The fourth-order valence-electron chi connectivity index (χ4n) is 9.95. The Balaban J connectivity index is 1.64. The van der Waals surface area contributed by atoms with E-state index in [1.165, 1.54) is 83.5 Å². The zero-order valence-electron chi connectivity index (χ0n) is 34.8. The molecule has 0 aliphatic heterocycles. The van der Waals surface area contributed by atoms with Crippen molar-refractivity contribution in [1.82, 2.24) is 0 Å². The average Bonchev–Trinajstić information content (AvgIpc) is 3.38. The van der Waals surface area contributed by atoms with Gasteiger partial charge in [-0.25, -0.2) is 0 Å². The van der Waals surface area contributed by atoms with Gasteiger partial charge >= 0.3 is 0 Å². The summed E-state index contributed by atoms with van der Waals surface area (Å²) in [4.78, 5) is 0. The van der Waals surface area contributed by atoms with Crippen molar-refractivity contribution in [2.24, 2.45) is 5.92 Å². The van der Waals surface area contributed by atoms with Gasteiger partial charge in [0, 0.05) is 0 Å². The van der Waals surface area contributed by atoms with Gasteiger partial charge in [0.1, 0.15) is 0 Å². The van der Waals surface area contributed by atoms with Gasteiger partial charge in [0.15, 0.2) is 8.07 Å². The molecule has 6 aromatic carbocycles. The lowest BCUT2D eigenvalue weighted by Gasteiger charge is -2.43. The molecule has 0 bridgehead atoms. The average molecular weight is 735 g/mol. The van der Waals surface area contributed by atoms with Crippen LogP contribution in [0.1, 0.15) is 94.5 Å². The van der Waals surface area contributed by atoms with Crippen molar-refractivity contribution in [2.45, 2.75) is 88.5 Å². The van der Waals surface area contributed by atoms with Crippen molar-refractivity contribution in [3.8, 4) is 0 Å². The Hall–Kier alpha value is -4.98. The molecule has 0 spiro atoms. The fraction of sp³-hybridized carbons (Fsp3) is 0.259. The first-order valence-corrected chi connectivity index (χ1v) is 22.2. The van der Waals surface area contributed by atoms with Crippen molar-refractivity contribution in [1.29, 1.82) is 0 Å². The predicted molar refractivity (Wildman–Crippen MR) is 240 cm³/mol. The highest BCUT2D eigenvalue weighted by Crippen LogP contribution is 2.43. The molecule has 0 amide bonds. The minimum Gasteiger partial charge on any atom is -0.0636 e.